The first kappa shape index (κ1) is 14.3. The van der Waals surface area contributed by atoms with Crippen molar-refractivity contribution in [3.63, 3.8) is 0 Å². The van der Waals surface area contributed by atoms with Gasteiger partial charge in [-0.15, -0.1) is 0 Å². The van der Waals surface area contributed by atoms with Crippen molar-refractivity contribution in [1.82, 2.24) is 10.2 Å². The molecule has 5 nitrogen and oxygen atoms in total. The van der Waals surface area contributed by atoms with Crippen molar-refractivity contribution in [2.45, 2.75) is 6.92 Å². The van der Waals surface area contributed by atoms with Gasteiger partial charge in [0.25, 0.3) is 5.91 Å². The van der Waals surface area contributed by atoms with E-state index in [1.54, 1.807) is 6.20 Å². The molecule has 0 bridgehead atoms. The van der Waals surface area contributed by atoms with Crippen LogP contribution in [-0.4, -0.2) is 16.1 Å². The van der Waals surface area contributed by atoms with Crippen LogP contribution >= 0.6 is 0 Å². The fourth-order valence-electron chi connectivity index (χ4n) is 2.71. The van der Waals surface area contributed by atoms with Gasteiger partial charge in [0, 0.05) is 23.5 Å². The van der Waals surface area contributed by atoms with Crippen LogP contribution in [0.2, 0.25) is 0 Å². The number of amides is 1. The standard InChI is InChI=1S/C19H16N4O/c1-12-6-8-13(9-7-12)17-10-18(23-22-17)20-11-15-14-4-2-3-5-16(14)21-19(15)24/h2-11H,1H3,(H,21,24)(H2,20,22,23). The molecular weight excluding hydrogens is 300 g/mol. The fourth-order valence-corrected chi connectivity index (χ4v) is 2.71. The van der Waals surface area contributed by atoms with E-state index in [1.807, 2.05) is 42.5 Å². The molecule has 1 aromatic heterocycles. The van der Waals surface area contributed by atoms with Gasteiger partial charge in [-0.2, -0.15) is 5.10 Å². The zero-order chi connectivity index (χ0) is 16.5. The van der Waals surface area contributed by atoms with Gasteiger partial charge in [-0.3, -0.25) is 9.89 Å². The maximum Gasteiger partial charge on any atom is 0.257 e. The van der Waals surface area contributed by atoms with Gasteiger partial charge in [-0.25, -0.2) is 0 Å². The minimum Gasteiger partial charge on any atom is -0.344 e. The van der Waals surface area contributed by atoms with E-state index in [4.69, 9.17) is 0 Å². The third kappa shape index (κ3) is 2.56. The van der Waals surface area contributed by atoms with Crippen molar-refractivity contribution in [2.75, 3.05) is 10.6 Å². The number of aromatic amines is 1. The van der Waals surface area contributed by atoms with E-state index >= 15 is 0 Å². The van der Waals surface area contributed by atoms with Crippen LogP contribution < -0.4 is 10.6 Å². The predicted molar refractivity (Wildman–Crippen MR) is 95.4 cm³/mol. The van der Waals surface area contributed by atoms with Gasteiger partial charge in [0.1, 0.15) is 0 Å². The summed E-state index contributed by atoms with van der Waals surface area (Å²) < 4.78 is 0. The smallest absolute Gasteiger partial charge is 0.257 e. The summed E-state index contributed by atoms with van der Waals surface area (Å²) in [6.45, 7) is 2.06. The largest absolute Gasteiger partial charge is 0.344 e. The summed E-state index contributed by atoms with van der Waals surface area (Å²) in [5, 5.41) is 13.2. The quantitative estimate of drug-likeness (QED) is 0.644. The summed E-state index contributed by atoms with van der Waals surface area (Å²) in [4.78, 5) is 12.1. The van der Waals surface area contributed by atoms with Crippen LogP contribution in [0.3, 0.4) is 0 Å². The lowest BCUT2D eigenvalue weighted by atomic mass is 10.1. The number of aryl methyl sites for hydroxylation is 1. The molecule has 1 aliphatic heterocycles. The molecule has 3 aromatic rings. The SMILES string of the molecule is Cc1ccc(-c2cc(NC=C3C(=O)Nc4ccccc43)n[nH]2)cc1. The van der Waals surface area contributed by atoms with Gasteiger partial charge in [0.15, 0.2) is 5.82 Å². The van der Waals surface area contributed by atoms with Gasteiger partial charge >= 0.3 is 0 Å². The molecule has 2 heterocycles. The zero-order valence-electron chi connectivity index (χ0n) is 13.1. The molecule has 0 atom stereocenters. The van der Waals surface area contributed by atoms with E-state index in [2.05, 4.69) is 39.9 Å². The minimum atomic E-state index is -0.113. The number of nitrogens with zero attached hydrogens (tertiary/aromatic N) is 1. The number of hydrogen-bond donors (Lipinski definition) is 3. The van der Waals surface area contributed by atoms with Gasteiger partial charge in [-0.05, 0) is 18.6 Å². The normalized spacial score (nSPS) is 14.5. The van der Waals surface area contributed by atoms with E-state index in [0.717, 1.165) is 22.5 Å². The lowest BCUT2D eigenvalue weighted by molar-refractivity contribution is -0.110. The summed E-state index contributed by atoms with van der Waals surface area (Å²) in [6, 6.07) is 17.8. The Hall–Kier alpha value is -3.34. The molecule has 1 aliphatic rings. The summed E-state index contributed by atoms with van der Waals surface area (Å²) in [5.74, 6) is 0.549. The number of benzene rings is 2. The molecule has 0 saturated carbocycles. The Morgan fingerprint density at radius 3 is 2.71 bits per heavy atom. The predicted octanol–water partition coefficient (Wildman–Crippen LogP) is 3.79. The highest BCUT2D eigenvalue weighted by molar-refractivity contribution is 6.31. The highest BCUT2D eigenvalue weighted by Gasteiger charge is 2.23. The molecule has 0 spiro atoms. The van der Waals surface area contributed by atoms with Crippen LogP contribution in [-0.2, 0) is 4.79 Å². The monoisotopic (exact) mass is 316 g/mol. The number of anilines is 2. The topological polar surface area (TPSA) is 69.8 Å². The second kappa shape index (κ2) is 5.70. The van der Waals surface area contributed by atoms with Crippen LogP contribution in [0.4, 0.5) is 11.5 Å². The maximum atomic E-state index is 12.1. The number of rotatable bonds is 3. The van der Waals surface area contributed by atoms with E-state index < -0.39 is 0 Å². The Labute approximate surface area is 139 Å². The molecule has 24 heavy (non-hydrogen) atoms. The lowest BCUT2D eigenvalue weighted by Crippen LogP contribution is -2.05. The zero-order valence-corrected chi connectivity index (χ0v) is 13.1. The van der Waals surface area contributed by atoms with Crippen molar-refractivity contribution in [3.05, 3.63) is 71.9 Å². The average molecular weight is 316 g/mol. The molecule has 118 valence electrons. The molecule has 0 aliphatic carbocycles. The van der Waals surface area contributed by atoms with E-state index in [-0.39, 0.29) is 5.91 Å². The second-order valence-corrected chi connectivity index (χ2v) is 5.73. The fraction of sp³-hybridized carbons (Fsp3) is 0.0526. The van der Waals surface area contributed by atoms with Crippen LogP contribution in [0, 0.1) is 6.92 Å². The number of nitrogens with one attached hydrogen (secondary N) is 3. The Balaban J connectivity index is 1.57. The molecule has 2 aromatic carbocycles. The van der Waals surface area contributed by atoms with Gasteiger partial charge in [-0.1, -0.05) is 48.0 Å². The van der Waals surface area contributed by atoms with Crippen molar-refractivity contribution in [1.29, 1.82) is 0 Å². The van der Waals surface area contributed by atoms with Gasteiger partial charge in [0.05, 0.1) is 11.3 Å². The van der Waals surface area contributed by atoms with Gasteiger partial charge in [0.2, 0.25) is 0 Å². The summed E-state index contributed by atoms with van der Waals surface area (Å²) in [6.07, 6.45) is 1.69. The molecule has 0 fully saturated rings. The number of H-pyrrole nitrogens is 1. The number of para-hydroxylation sites is 1. The van der Waals surface area contributed by atoms with Crippen molar-refractivity contribution in [3.8, 4) is 11.3 Å². The van der Waals surface area contributed by atoms with E-state index in [1.165, 1.54) is 5.56 Å². The van der Waals surface area contributed by atoms with Crippen molar-refractivity contribution < 1.29 is 4.79 Å². The van der Waals surface area contributed by atoms with E-state index in [9.17, 15) is 4.79 Å². The van der Waals surface area contributed by atoms with Crippen LogP contribution in [0.5, 0.6) is 0 Å². The number of carbonyl (C=O) groups excluding carboxylic acids is 1. The maximum absolute atomic E-state index is 12.1. The first-order valence-electron chi connectivity index (χ1n) is 7.70. The molecule has 0 saturated heterocycles. The Kier molecular flexibility index (Phi) is 3.39. The molecule has 3 N–H and O–H groups in total. The third-order valence-corrected chi connectivity index (χ3v) is 4.01. The Morgan fingerprint density at radius 2 is 1.88 bits per heavy atom. The van der Waals surface area contributed by atoms with Gasteiger partial charge < -0.3 is 10.6 Å². The minimum absolute atomic E-state index is 0.113. The Bertz CT molecular complexity index is 938. The molecule has 1 amide bonds. The molecule has 0 radical (unpaired) electrons. The highest BCUT2D eigenvalue weighted by Crippen LogP contribution is 2.31. The number of hydrogen-bond acceptors (Lipinski definition) is 3. The second-order valence-electron chi connectivity index (χ2n) is 5.73. The summed E-state index contributed by atoms with van der Waals surface area (Å²) in [7, 11) is 0. The molecule has 4 rings (SSSR count). The van der Waals surface area contributed by atoms with Crippen LogP contribution in [0.15, 0.2) is 60.8 Å². The third-order valence-electron chi connectivity index (χ3n) is 4.01. The number of aromatic nitrogens is 2. The van der Waals surface area contributed by atoms with Crippen LogP contribution in [0.1, 0.15) is 11.1 Å². The summed E-state index contributed by atoms with van der Waals surface area (Å²) >= 11 is 0. The molecule has 0 unspecified atom stereocenters. The Morgan fingerprint density at radius 1 is 1.08 bits per heavy atom. The van der Waals surface area contributed by atoms with Crippen molar-refractivity contribution in [2.24, 2.45) is 0 Å². The van der Waals surface area contributed by atoms with E-state index in [0.29, 0.717) is 11.4 Å². The van der Waals surface area contributed by atoms with Crippen LogP contribution in [0.25, 0.3) is 16.8 Å². The lowest BCUT2D eigenvalue weighted by Gasteiger charge is -1.99. The van der Waals surface area contributed by atoms with Crippen molar-refractivity contribution >= 4 is 23.0 Å². The first-order chi connectivity index (χ1) is 11.7. The number of fused-ring (bicyclic) bond motifs is 1. The summed E-state index contributed by atoms with van der Waals surface area (Å²) in [5.41, 5.74) is 5.53. The first-order valence-corrected chi connectivity index (χ1v) is 7.70. The molecular formula is C19H16N4O. The molecule has 5 heteroatoms. The highest BCUT2D eigenvalue weighted by atomic mass is 16.2. The number of carbonyl (C=O) groups is 1. The average Bonchev–Trinajstić information content (AvgIpc) is 3.17.